The Labute approximate surface area is 107 Å². The SMILES string of the molecule is COc1cc(-c2cc(N)n[nH]2)c(OC)cc1Br. The van der Waals surface area contributed by atoms with E-state index in [2.05, 4.69) is 26.1 Å². The van der Waals surface area contributed by atoms with Gasteiger partial charge in [-0.05, 0) is 28.1 Å². The molecule has 5 nitrogen and oxygen atoms in total. The first-order chi connectivity index (χ1) is 8.15. The normalized spacial score (nSPS) is 10.3. The van der Waals surface area contributed by atoms with Crippen molar-refractivity contribution in [1.82, 2.24) is 10.2 Å². The number of rotatable bonds is 3. The zero-order valence-corrected chi connectivity index (χ0v) is 11.0. The van der Waals surface area contributed by atoms with Gasteiger partial charge < -0.3 is 15.2 Å². The first kappa shape index (κ1) is 11.8. The number of nitrogen functional groups attached to an aromatic ring is 1. The van der Waals surface area contributed by atoms with Crippen LogP contribution < -0.4 is 15.2 Å². The van der Waals surface area contributed by atoms with E-state index < -0.39 is 0 Å². The van der Waals surface area contributed by atoms with Gasteiger partial charge in [-0.1, -0.05) is 0 Å². The fourth-order valence-corrected chi connectivity index (χ4v) is 2.03. The second-order valence-corrected chi connectivity index (χ2v) is 4.25. The molecule has 3 N–H and O–H groups in total. The number of H-pyrrole nitrogens is 1. The molecule has 0 saturated heterocycles. The Morgan fingerprint density at radius 3 is 2.41 bits per heavy atom. The summed E-state index contributed by atoms with van der Waals surface area (Å²) in [5.74, 6) is 1.86. The predicted octanol–water partition coefficient (Wildman–Crippen LogP) is 2.44. The highest BCUT2D eigenvalue weighted by Crippen LogP contribution is 2.38. The Bertz CT molecular complexity index is 540. The van der Waals surface area contributed by atoms with E-state index in [9.17, 15) is 0 Å². The van der Waals surface area contributed by atoms with Gasteiger partial charge in [-0.25, -0.2) is 0 Å². The second-order valence-electron chi connectivity index (χ2n) is 3.39. The first-order valence-electron chi connectivity index (χ1n) is 4.88. The van der Waals surface area contributed by atoms with Gasteiger partial charge in [0.05, 0.1) is 24.4 Å². The largest absolute Gasteiger partial charge is 0.496 e. The maximum Gasteiger partial charge on any atom is 0.145 e. The molecule has 0 saturated carbocycles. The summed E-state index contributed by atoms with van der Waals surface area (Å²) in [7, 11) is 3.22. The molecule has 90 valence electrons. The van der Waals surface area contributed by atoms with Gasteiger partial charge in [-0.2, -0.15) is 5.10 Å². The maximum atomic E-state index is 5.58. The molecule has 2 rings (SSSR count). The Morgan fingerprint density at radius 2 is 1.88 bits per heavy atom. The van der Waals surface area contributed by atoms with Crippen LogP contribution in [0.4, 0.5) is 5.82 Å². The molecular weight excluding hydrogens is 286 g/mol. The minimum Gasteiger partial charge on any atom is -0.496 e. The third-order valence-corrected chi connectivity index (χ3v) is 2.98. The summed E-state index contributed by atoms with van der Waals surface area (Å²) in [5.41, 5.74) is 7.21. The maximum absolute atomic E-state index is 5.58. The smallest absolute Gasteiger partial charge is 0.145 e. The van der Waals surface area contributed by atoms with E-state index in [-0.39, 0.29) is 0 Å². The summed E-state index contributed by atoms with van der Waals surface area (Å²) >= 11 is 3.40. The molecule has 0 fully saturated rings. The number of hydrogen-bond donors (Lipinski definition) is 2. The Balaban J connectivity index is 2.58. The number of nitrogens with two attached hydrogens (primary N) is 1. The molecule has 0 unspecified atom stereocenters. The topological polar surface area (TPSA) is 73.2 Å². The van der Waals surface area contributed by atoms with Gasteiger partial charge in [0.15, 0.2) is 0 Å². The number of benzene rings is 1. The lowest BCUT2D eigenvalue weighted by atomic mass is 10.1. The lowest BCUT2D eigenvalue weighted by Crippen LogP contribution is -1.92. The molecule has 6 heteroatoms. The van der Waals surface area contributed by atoms with Crippen LogP contribution in [-0.4, -0.2) is 24.4 Å². The van der Waals surface area contributed by atoms with Crippen molar-refractivity contribution in [3.63, 3.8) is 0 Å². The summed E-state index contributed by atoms with van der Waals surface area (Å²) in [6.07, 6.45) is 0. The average Bonchev–Trinajstić information content (AvgIpc) is 2.75. The van der Waals surface area contributed by atoms with Gasteiger partial charge in [-0.3, -0.25) is 5.10 Å². The van der Waals surface area contributed by atoms with Crippen LogP contribution in [0, 0.1) is 0 Å². The van der Waals surface area contributed by atoms with Crippen molar-refractivity contribution in [2.45, 2.75) is 0 Å². The molecule has 0 atom stereocenters. The van der Waals surface area contributed by atoms with E-state index in [4.69, 9.17) is 15.2 Å². The van der Waals surface area contributed by atoms with Crippen LogP contribution in [0.3, 0.4) is 0 Å². The van der Waals surface area contributed by atoms with Gasteiger partial charge >= 0.3 is 0 Å². The zero-order valence-electron chi connectivity index (χ0n) is 9.45. The van der Waals surface area contributed by atoms with Crippen LogP contribution >= 0.6 is 15.9 Å². The molecule has 2 aromatic rings. The number of halogens is 1. The van der Waals surface area contributed by atoms with E-state index >= 15 is 0 Å². The van der Waals surface area contributed by atoms with E-state index in [1.54, 1.807) is 20.3 Å². The third-order valence-electron chi connectivity index (χ3n) is 2.36. The van der Waals surface area contributed by atoms with Crippen LogP contribution in [-0.2, 0) is 0 Å². The van der Waals surface area contributed by atoms with Crippen LogP contribution in [0.2, 0.25) is 0 Å². The number of methoxy groups -OCH3 is 2. The van der Waals surface area contributed by atoms with Gasteiger partial charge in [0.25, 0.3) is 0 Å². The van der Waals surface area contributed by atoms with Crippen LogP contribution in [0.1, 0.15) is 0 Å². The van der Waals surface area contributed by atoms with Gasteiger partial charge in [-0.15, -0.1) is 0 Å². The molecule has 0 aliphatic carbocycles. The number of anilines is 1. The standard InChI is InChI=1S/C11H12BrN3O2/c1-16-9-4-7(12)10(17-2)3-6(9)8-5-11(13)15-14-8/h3-5H,1-2H3,(H3,13,14,15). The second kappa shape index (κ2) is 4.67. The lowest BCUT2D eigenvalue weighted by molar-refractivity contribution is 0.402. The summed E-state index contributed by atoms with van der Waals surface area (Å²) in [6, 6.07) is 5.44. The van der Waals surface area contributed by atoms with Crippen molar-refractivity contribution in [2.24, 2.45) is 0 Å². The van der Waals surface area contributed by atoms with Crippen molar-refractivity contribution in [1.29, 1.82) is 0 Å². The fourth-order valence-electron chi connectivity index (χ4n) is 1.55. The number of aromatic amines is 1. The molecule has 0 radical (unpaired) electrons. The molecule has 0 bridgehead atoms. The van der Waals surface area contributed by atoms with Crippen molar-refractivity contribution >= 4 is 21.7 Å². The number of aromatic nitrogens is 2. The molecule has 1 aromatic carbocycles. The summed E-state index contributed by atoms with van der Waals surface area (Å²) in [6.45, 7) is 0. The van der Waals surface area contributed by atoms with E-state index in [0.29, 0.717) is 17.3 Å². The number of hydrogen-bond acceptors (Lipinski definition) is 4. The summed E-state index contributed by atoms with van der Waals surface area (Å²) in [5, 5.41) is 6.73. The quantitative estimate of drug-likeness (QED) is 0.913. The molecule has 0 amide bonds. The Kier molecular flexibility index (Phi) is 3.23. The lowest BCUT2D eigenvalue weighted by Gasteiger charge is -2.10. The molecule has 0 aliphatic heterocycles. The molecule has 0 aliphatic rings. The fraction of sp³-hybridized carbons (Fsp3) is 0.182. The summed E-state index contributed by atoms with van der Waals surface area (Å²) < 4.78 is 11.4. The predicted molar refractivity (Wildman–Crippen MR) is 69.2 cm³/mol. The van der Waals surface area contributed by atoms with Gasteiger partial charge in [0.1, 0.15) is 17.3 Å². The van der Waals surface area contributed by atoms with Crippen LogP contribution in [0.15, 0.2) is 22.7 Å². The van der Waals surface area contributed by atoms with E-state index in [0.717, 1.165) is 15.7 Å². The van der Waals surface area contributed by atoms with E-state index in [1.165, 1.54) is 0 Å². The molecular formula is C11H12BrN3O2. The van der Waals surface area contributed by atoms with E-state index in [1.807, 2.05) is 12.1 Å². The molecule has 1 heterocycles. The highest BCUT2D eigenvalue weighted by molar-refractivity contribution is 9.10. The molecule has 0 spiro atoms. The van der Waals surface area contributed by atoms with Gasteiger partial charge in [0.2, 0.25) is 0 Å². The van der Waals surface area contributed by atoms with Crippen LogP contribution in [0.5, 0.6) is 11.5 Å². The van der Waals surface area contributed by atoms with Gasteiger partial charge in [0, 0.05) is 11.6 Å². The minimum absolute atomic E-state index is 0.434. The first-order valence-corrected chi connectivity index (χ1v) is 5.67. The van der Waals surface area contributed by atoms with Crippen molar-refractivity contribution in [3.05, 3.63) is 22.7 Å². The Hall–Kier alpha value is -1.69. The average molecular weight is 298 g/mol. The van der Waals surface area contributed by atoms with Crippen molar-refractivity contribution in [2.75, 3.05) is 20.0 Å². The highest BCUT2D eigenvalue weighted by atomic mass is 79.9. The summed E-state index contributed by atoms with van der Waals surface area (Å²) in [4.78, 5) is 0. The molecule has 1 aromatic heterocycles. The number of nitrogens with zero attached hydrogens (tertiary/aromatic N) is 1. The Morgan fingerprint density at radius 1 is 1.18 bits per heavy atom. The number of nitrogens with one attached hydrogen (secondary N) is 1. The van der Waals surface area contributed by atoms with Crippen LogP contribution in [0.25, 0.3) is 11.3 Å². The number of ether oxygens (including phenoxy) is 2. The molecule has 17 heavy (non-hydrogen) atoms. The zero-order chi connectivity index (χ0) is 12.4. The third kappa shape index (κ3) is 2.21. The monoisotopic (exact) mass is 297 g/mol. The minimum atomic E-state index is 0.434. The highest BCUT2D eigenvalue weighted by Gasteiger charge is 2.13. The van der Waals surface area contributed by atoms with Crippen molar-refractivity contribution < 1.29 is 9.47 Å². The van der Waals surface area contributed by atoms with Crippen molar-refractivity contribution in [3.8, 4) is 22.8 Å².